The summed E-state index contributed by atoms with van der Waals surface area (Å²) in [5.74, 6) is 1.15. The molecule has 10 heteroatoms. The van der Waals surface area contributed by atoms with Crippen LogP contribution in [0.2, 0.25) is 0 Å². The van der Waals surface area contributed by atoms with Crippen molar-refractivity contribution < 1.29 is 23.6 Å². The van der Waals surface area contributed by atoms with Crippen molar-refractivity contribution in [2.75, 3.05) is 12.1 Å². The molecule has 0 saturated carbocycles. The minimum Gasteiger partial charge on any atom is -0.454 e. The number of hydrogen-bond donors (Lipinski definition) is 1. The van der Waals surface area contributed by atoms with Crippen molar-refractivity contribution in [2.24, 2.45) is 0 Å². The van der Waals surface area contributed by atoms with Gasteiger partial charge in [-0.15, -0.1) is 5.10 Å². The lowest BCUT2D eigenvalue weighted by Crippen LogP contribution is -2.07. The number of carbonyl (C=O) groups excluding carboxylic acids is 1. The van der Waals surface area contributed by atoms with Crippen molar-refractivity contribution in [1.82, 2.24) is 10.2 Å². The number of nitrogens with one attached hydrogen (secondary N) is 1. The van der Waals surface area contributed by atoms with E-state index in [-0.39, 0.29) is 18.5 Å². The monoisotopic (exact) mass is 394 g/mol. The van der Waals surface area contributed by atoms with E-state index in [1.165, 1.54) is 30.4 Å². The number of anilines is 1. The third kappa shape index (κ3) is 4.38. The molecular formula is C19H14N4O6. The Morgan fingerprint density at radius 1 is 1.17 bits per heavy atom. The Kier molecular flexibility index (Phi) is 4.89. The Hall–Kier alpha value is -4.21. The Labute approximate surface area is 163 Å². The second-order valence-corrected chi connectivity index (χ2v) is 6.04. The van der Waals surface area contributed by atoms with E-state index in [0.29, 0.717) is 29.4 Å². The molecule has 1 aliphatic rings. The van der Waals surface area contributed by atoms with E-state index in [1.54, 1.807) is 12.1 Å². The second-order valence-electron chi connectivity index (χ2n) is 6.04. The van der Waals surface area contributed by atoms with E-state index in [9.17, 15) is 14.9 Å². The molecule has 0 saturated heterocycles. The molecule has 0 spiro atoms. The number of amides is 1. The van der Waals surface area contributed by atoms with E-state index in [4.69, 9.17) is 13.9 Å². The number of rotatable bonds is 6. The van der Waals surface area contributed by atoms with Crippen LogP contribution in [0.5, 0.6) is 11.5 Å². The summed E-state index contributed by atoms with van der Waals surface area (Å²) in [6.07, 6.45) is 3.04. The number of benzene rings is 2. The highest BCUT2D eigenvalue weighted by molar-refractivity contribution is 6.00. The van der Waals surface area contributed by atoms with Gasteiger partial charge in [0, 0.05) is 18.2 Å². The molecular weight excluding hydrogens is 380 g/mol. The maximum absolute atomic E-state index is 12.0. The fourth-order valence-electron chi connectivity index (χ4n) is 2.66. The maximum Gasteiger partial charge on any atom is 0.322 e. The van der Waals surface area contributed by atoms with Crippen molar-refractivity contribution in [2.45, 2.75) is 6.42 Å². The van der Waals surface area contributed by atoms with Gasteiger partial charge in [0.05, 0.1) is 11.3 Å². The summed E-state index contributed by atoms with van der Waals surface area (Å²) in [5.41, 5.74) is 1.35. The number of nitro groups is 1. The molecule has 0 fully saturated rings. The van der Waals surface area contributed by atoms with E-state index in [2.05, 4.69) is 15.5 Å². The first-order chi connectivity index (χ1) is 14.1. The molecule has 0 bridgehead atoms. The largest absolute Gasteiger partial charge is 0.454 e. The van der Waals surface area contributed by atoms with Crippen LogP contribution >= 0.6 is 0 Å². The summed E-state index contributed by atoms with van der Waals surface area (Å²) in [4.78, 5) is 22.3. The maximum atomic E-state index is 12.0. The van der Waals surface area contributed by atoms with Gasteiger partial charge >= 0.3 is 6.01 Å². The third-order valence-corrected chi connectivity index (χ3v) is 4.00. The van der Waals surface area contributed by atoms with Gasteiger partial charge in [0.2, 0.25) is 12.7 Å². The first-order valence-electron chi connectivity index (χ1n) is 8.51. The molecule has 4 rings (SSSR count). The van der Waals surface area contributed by atoms with Crippen LogP contribution in [0.15, 0.2) is 53.0 Å². The van der Waals surface area contributed by atoms with Gasteiger partial charge in [-0.25, -0.2) is 0 Å². The smallest absolute Gasteiger partial charge is 0.322 e. The van der Waals surface area contributed by atoms with Crippen LogP contribution < -0.4 is 14.8 Å². The molecule has 2 heterocycles. The number of fused-ring (bicyclic) bond motifs is 1. The average Bonchev–Trinajstić information content (AvgIpc) is 3.35. The minimum atomic E-state index is -0.505. The van der Waals surface area contributed by atoms with Crippen LogP contribution in [-0.2, 0) is 11.2 Å². The predicted molar refractivity (Wildman–Crippen MR) is 100 cm³/mol. The van der Waals surface area contributed by atoms with Gasteiger partial charge in [0.1, 0.15) is 0 Å². The molecule has 1 aromatic heterocycles. The fraction of sp³-hybridized carbons (Fsp3) is 0.105. The molecule has 2 aromatic carbocycles. The highest BCUT2D eigenvalue weighted by atomic mass is 16.7. The quantitative estimate of drug-likeness (QED) is 0.384. The second kappa shape index (κ2) is 7.80. The lowest BCUT2D eigenvalue weighted by atomic mass is 10.1. The molecule has 10 nitrogen and oxygen atoms in total. The zero-order valence-corrected chi connectivity index (χ0v) is 14.9. The van der Waals surface area contributed by atoms with Crippen molar-refractivity contribution >= 4 is 23.7 Å². The zero-order valence-electron chi connectivity index (χ0n) is 14.9. The Bertz CT molecular complexity index is 1110. The standard InChI is InChI=1S/C19H14N4O6/c24-17(7-5-12-2-1-3-14(8-12)23(25)26)20-19-22-21-18(29-19)10-13-4-6-15-16(9-13)28-11-27-15/h1-9H,10-11H2,(H,20,22,24). The lowest BCUT2D eigenvalue weighted by Gasteiger charge is -2.00. The van der Waals surface area contributed by atoms with Crippen molar-refractivity contribution in [3.05, 3.63) is 75.7 Å². The SMILES string of the molecule is O=C(C=Cc1cccc([N+](=O)[O-])c1)Nc1nnc(Cc2ccc3c(c2)OCO3)o1. The van der Waals surface area contributed by atoms with E-state index >= 15 is 0 Å². The normalized spacial score (nSPS) is 12.3. The van der Waals surface area contributed by atoms with Gasteiger partial charge < -0.3 is 13.9 Å². The number of ether oxygens (including phenoxy) is 2. The van der Waals surface area contributed by atoms with E-state index < -0.39 is 10.8 Å². The number of aromatic nitrogens is 2. The van der Waals surface area contributed by atoms with Crippen LogP contribution in [0, 0.1) is 10.1 Å². The summed E-state index contributed by atoms with van der Waals surface area (Å²) in [6, 6.07) is 11.4. The van der Waals surface area contributed by atoms with Crippen LogP contribution in [0.25, 0.3) is 6.08 Å². The van der Waals surface area contributed by atoms with Gasteiger partial charge in [-0.05, 0) is 29.3 Å². The zero-order chi connectivity index (χ0) is 20.2. The fourth-order valence-corrected chi connectivity index (χ4v) is 2.66. The average molecular weight is 394 g/mol. The minimum absolute atomic E-state index is 0.0468. The molecule has 0 atom stereocenters. The molecule has 146 valence electrons. The summed E-state index contributed by atoms with van der Waals surface area (Å²) in [7, 11) is 0. The number of nitrogens with zero attached hydrogens (tertiary/aromatic N) is 3. The summed E-state index contributed by atoms with van der Waals surface area (Å²) >= 11 is 0. The van der Waals surface area contributed by atoms with Crippen molar-refractivity contribution in [1.29, 1.82) is 0 Å². The van der Waals surface area contributed by atoms with Gasteiger partial charge in [0.15, 0.2) is 11.5 Å². The van der Waals surface area contributed by atoms with Crippen LogP contribution in [0.1, 0.15) is 17.0 Å². The van der Waals surface area contributed by atoms with E-state index in [1.807, 2.05) is 12.1 Å². The van der Waals surface area contributed by atoms with Crippen LogP contribution in [0.4, 0.5) is 11.7 Å². The lowest BCUT2D eigenvalue weighted by molar-refractivity contribution is -0.384. The molecule has 0 radical (unpaired) electrons. The van der Waals surface area contributed by atoms with Gasteiger partial charge in [-0.2, -0.15) is 0 Å². The third-order valence-electron chi connectivity index (χ3n) is 4.00. The number of non-ortho nitro benzene ring substituents is 1. The Morgan fingerprint density at radius 3 is 2.90 bits per heavy atom. The summed E-state index contributed by atoms with van der Waals surface area (Å²) in [6.45, 7) is 0.194. The Morgan fingerprint density at radius 2 is 2.03 bits per heavy atom. The number of nitro benzene ring substituents is 1. The summed E-state index contributed by atoms with van der Waals surface area (Å²) < 4.78 is 16.0. The van der Waals surface area contributed by atoms with Gasteiger partial charge in [-0.1, -0.05) is 23.3 Å². The molecule has 1 N–H and O–H groups in total. The molecule has 0 unspecified atom stereocenters. The number of carbonyl (C=O) groups is 1. The van der Waals surface area contributed by atoms with Gasteiger partial charge in [0.25, 0.3) is 11.6 Å². The predicted octanol–water partition coefficient (Wildman–Crippen LogP) is 2.95. The first kappa shape index (κ1) is 18.2. The van der Waals surface area contributed by atoms with Crippen molar-refractivity contribution in [3.63, 3.8) is 0 Å². The Balaban J connectivity index is 1.36. The highest BCUT2D eigenvalue weighted by Crippen LogP contribution is 2.33. The van der Waals surface area contributed by atoms with Crippen LogP contribution in [0.3, 0.4) is 0 Å². The van der Waals surface area contributed by atoms with Gasteiger partial charge in [-0.3, -0.25) is 20.2 Å². The topological polar surface area (TPSA) is 130 Å². The van der Waals surface area contributed by atoms with Crippen LogP contribution in [-0.4, -0.2) is 27.8 Å². The summed E-state index contributed by atoms with van der Waals surface area (Å²) in [5, 5.41) is 20.9. The molecule has 29 heavy (non-hydrogen) atoms. The molecule has 0 aliphatic carbocycles. The molecule has 1 aliphatic heterocycles. The molecule has 1 amide bonds. The first-order valence-corrected chi connectivity index (χ1v) is 8.51. The van der Waals surface area contributed by atoms with E-state index in [0.717, 1.165) is 5.56 Å². The highest BCUT2D eigenvalue weighted by Gasteiger charge is 2.15. The van der Waals surface area contributed by atoms with Crippen molar-refractivity contribution in [3.8, 4) is 11.5 Å². The number of hydrogen-bond acceptors (Lipinski definition) is 8. The molecule has 3 aromatic rings.